The van der Waals surface area contributed by atoms with Crippen molar-refractivity contribution in [1.29, 1.82) is 0 Å². The first-order chi connectivity index (χ1) is 10.1. The van der Waals surface area contributed by atoms with E-state index in [1.165, 1.54) is 6.07 Å². The van der Waals surface area contributed by atoms with Gasteiger partial charge in [-0.25, -0.2) is 8.78 Å². The molecule has 0 fully saturated rings. The maximum absolute atomic E-state index is 13.1. The molecule has 0 saturated heterocycles. The van der Waals surface area contributed by atoms with Crippen molar-refractivity contribution in [3.8, 4) is 0 Å². The van der Waals surface area contributed by atoms with Gasteiger partial charge in [-0.3, -0.25) is 4.79 Å². The van der Waals surface area contributed by atoms with Crippen molar-refractivity contribution in [2.24, 2.45) is 5.73 Å². The number of hydrogen-bond acceptors (Lipinski definition) is 2. The van der Waals surface area contributed by atoms with Crippen LogP contribution in [-0.4, -0.2) is 12.5 Å². The van der Waals surface area contributed by atoms with E-state index < -0.39 is 17.5 Å². The van der Waals surface area contributed by atoms with Crippen molar-refractivity contribution < 1.29 is 13.6 Å². The molecule has 1 amide bonds. The van der Waals surface area contributed by atoms with Gasteiger partial charge in [0.1, 0.15) is 0 Å². The Balaban J connectivity index is 1.95. The fraction of sp³-hybridized carbons (Fsp3) is 0.188. The fourth-order valence-electron chi connectivity index (χ4n) is 1.91. The van der Waals surface area contributed by atoms with Crippen molar-refractivity contribution >= 4 is 5.91 Å². The van der Waals surface area contributed by atoms with Gasteiger partial charge in [0.25, 0.3) is 5.91 Å². The molecular weight excluding hydrogens is 274 g/mol. The highest BCUT2D eigenvalue weighted by Crippen LogP contribution is 2.09. The first kappa shape index (κ1) is 15.1. The van der Waals surface area contributed by atoms with E-state index in [9.17, 15) is 13.6 Å². The highest BCUT2D eigenvalue weighted by molar-refractivity contribution is 5.94. The van der Waals surface area contributed by atoms with Gasteiger partial charge in [0, 0.05) is 12.1 Å². The molecule has 2 rings (SSSR count). The van der Waals surface area contributed by atoms with Gasteiger partial charge in [-0.1, -0.05) is 24.3 Å². The number of benzene rings is 2. The molecule has 0 saturated carbocycles. The van der Waals surface area contributed by atoms with E-state index in [2.05, 4.69) is 5.32 Å². The van der Waals surface area contributed by atoms with E-state index in [4.69, 9.17) is 5.73 Å². The predicted molar refractivity (Wildman–Crippen MR) is 76.7 cm³/mol. The monoisotopic (exact) mass is 290 g/mol. The highest BCUT2D eigenvalue weighted by atomic mass is 19.2. The molecule has 110 valence electrons. The van der Waals surface area contributed by atoms with Crippen LogP contribution < -0.4 is 11.1 Å². The number of hydrogen-bond donors (Lipinski definition) is 2. The Morgan fingerprint density at radius 1 is 1.00 bits per heavy atom. The molecule has 2 aromatic rings. The largest absolute Gasteiger partial charge is 0.348 e. The lowest BCUT2D eigenvalue weighted by molar-refractivity contribution is 0.0950. The lowest BCUT2D eigenvalue weighted by Crippen LogP contribution is -2.23. The van der Waals surface area contributed by atoms with Crippen molar-refractivity contribution in [2.75, 3.05) is 6.54 Å². The Labute approximate surface area is 121 Å². The molecule has 0 aromatic heterocycles. The zero-order chi connectivity index (χ0) is 15.2. The summed E-state index contributed by atoms with van der Waals surface area (Å²) in [6, 6.07) is 10.8. The zero-order valence-corrected chi connectivity index (χ0v) is 11.4. The van der Waals surface area contributed by atoms with Crippen molar-refractivity contribution in [1.82, 2.24) is 5.32 Å². The van der Waals surface area contributed by atoms with Gasteiger partial charge in [-0.05, 0) is 42.3 Å². The Hall–Kier alpha value is -2.27. The minimum atomic E-state index is -1.03. The number of rotatable bonds is 5. The smallest absolute Gasteiger partial charge is 0.251 e. The number of nitrogens with one attached hydrogen (secondary N) is 1. The molecule has 2 aromatic carbocycles. The Morgan fingerprint density at radius 3 is 2.29 bits per heavy atom. The molecule has 21 heavy (non-hydrogen) atoms. The zero-order valence-electron chi connectivity index (χ0n) is 11.4. The Morgan fingerprint density at radius 2 is 1.67 bits per heavy atom. The van der Waals surface area contributed by atoms with E-state index >= 15 is 0 Å². The molecule has 3 N–H and O–H groups in total. The minimum Gasteiger partial charge on any atom is -0.348 e. The molecular formula is C16H16F2N2O. The second-order valence-electron chi connectivity index (χ2n) is 4.67. The van der Waals surface area contributed by atoms with E-state index in [0.29, 0.717) is 13.1 Å². The van der Waals surface area contributed by atoms with Crippen LogP contribution in [-0.2, 0) is 13.0 Å². The third-order valence-electron chi connectivity index (χ3n) is 3.09. The lowest BCUT2D eigenvalue weighted by Gasteiger charge is -2.07. The minimum absolute atomic E-state index is 0.0913. The molecule has 0 aliphatic heterocycles. The highest BCUT2D eigenvalue weighted by Gasteiger charge is 2.09. The third-order valence-corrected chi connectivity index (χ3v) is 3.09. The van der Waals surface area contributed by atoms with Gasteiger partial charge in [0.05, 0.1) is 0 Å². The van der Waals surface area contributed by atoms with Gasteiger partial charge < -0.3 is 11.1 Å². The third kappa shape index (κ3) is 4.10. The average Bonchev–Trinajstić information content (AvgIpc) is 2.49. The summed E-state index contributed by atoms with van der Waals surface area (Å²) in [7, 11) is 0. The maximum atomic E-state index is 13.1. The summed E-state index contributed by atoms with van der Waals surface area (Å²) >= 11 is 0. The van der Waals surface area contributed by atoms with Crippen LogP contribution in [0.15, 0.2) is 42.5 Å². The van der Waals surface area contributed by atoms with E-state index in [1.54, 1.807) is 0 Å². The van der Waals surface area contributed by atoms with Crippen molar-refractivity contribution in [3.05, 3.63) is 70.8 Å². The van der Waals surface area contributed by atoms with Crippen LogP contribution in [0.5, 0.6) is 0 Å². The van der Waals surface area contributed by atoms with Crippen LogP contribution in [0.3, 0.4) is 0 Å². The van der Waals surface area contributed by atoms with Crippen LogP contribution >= 0.6 is 0 Å². The van der Waals surface area contributed by atoms with Crippen LogP contribution in [0.2, 0.25) is 0 Å². The van der Waals surface area contributed by atoms with Gasteiger partial charge >= 0.3 is 0 Å². The first-order valence-corrected chi connectivity index (χ1v) is 6.61. The molecule has 0 atom stereocenters. The van der Waals surface area contributed by atoms with Crippen LogP contribution in [0.25, 0.3) is 0 Å². The topological polar surface area (TPSA) is 55.1 Å². The molecule has 3 nitrogen and oxygen atoms in total. The normalized spacial score (nSPS) is 10.4. The van der Waals surface area contributed by atoms with Crippen LogP contribution in [0, 0.1) is 11.6 Å². The summed E-state index contributed by atoms with van der Waals surface area (Å²) in [6.45, 7) is 0.910. The summed E-state index contributed by atoms with van der Waals surface area (Å²) in [5, 5.41) is 2.66. The molecule has 0 radical (unpaired) electrons. The van der Waals surface area contributed by atoms with Gasteiger partial charge in [0.2, 0.25) is 0 Å². The Bertz CT molecular complexity index is 627. The molecule has 0 aliphatic rings. The SMILES string of the molecule is NCCc1ccc(CNC(=O)c2ccc(F)c(F)c2)cc1. The first-order valence-electron chi connectivity index (χ1n) is 6.61. The van der Waals surface area contributed by atoms with E-state index in [0.717, 1.165) is 29.7 Å². The van der Waals surface area contributed by atoms with Gasteiger partial charge in [0.15, 0.2) is 11.6 Å². The number of halogens is 2. The Kier molecular flexibility index (Phi) is 5.00. The summed E-state index contributed by atoms with van der Waals surface area (Å²) in [5.41, 5.74) is 7.62. The summed E-state index contributed by atoms with van der Waals surface area (Å²) in [5.74, 6) is -2.45. The lowest BCUT2D eigenvalue weighted by atomic mass is 10.1. The molecule has 0 heterocycles. The fourth-order valence-corrected chi connectivity index (χ4v) is 1.91. The predicted octanol–water partition coefficient (Wildman–Crippen LogP) is 2.40. The maximum Gasteiger partial charge on any atom is 0.251 e. The molecule has 0 unspecified atom stereocenters. The standard InChI is InChI=1S/C16H16F2N2O/c17-14-6-5-13(9-15(14)18)16(21)20-10-12-3-1-11(2-4-12)7-8-19/h1-6,9H,7-8,10,19H2,(H,20,21). The number of amides is 1. The second-order valence-corrected chi connectivity index (χ2v) is 4.67. The van der Waals surface area contributed by atoms with Crippen LogP contribution in [0.4, 0.5) is 8.78 Å². The van der Waals surface area contributed by atoms with Crippen molar-refractivity contribution in [2.45, 2.75) is 13.0 Å². The number of nitrogens with two attached hydrogens (primary N) is 1. The molecule has 0 aliphatic carbocycles. The van der Waals surface area contributed by atoms with Crippen LogP contribution in [0.1, 0.15) is 21.5 Å². The van der Waals surface area contributed by atoms with E-state index in [1.807, 2.05) is 24.3 Å². The quantitative estimate of drug-likeness (QED) is 0.888. The van der Waals surface area contributed by atoms with E-state index in [-0.39, 0.29) is 5.56 Å². The summed E-state index contributed by atoms with van der Waals surface area (Å²) in [4.78, 5) is 11.8. The van der Waals surface area contributed by atoms with Gasteiger partial charge in [-0.2, -0.15) is 0 Å². The van der Waals surface area contributed by atoms with Crippen molar-refractivity contribution in [3.63, 3.8) is 0 Å². The summed E-state index contributed by atoms with van der Waals surface area (Å²) in [6.07, 6.45) is 0.807. The molecule has 5 heteroatoms. The van der Waals surface area contributed by atoms with Gasteiger partial charge in [-0.15, -0.1) is 0 Å². The second kappa shape index (κ2) is 6.95. The molecule has 0 spiro atoms. The number of carbonyl (C=O) groups is 1. The molecule has 0 bridgehead atoms. The summed E-state index contributed by atoms with van der Waals surface area (Å²) < 4.78 is 25.9. The average molecular weight is 290 g/mol. The number of carbonyl (C=O) groups excluding carboxylic acids is 1.